The molecule has 0 radical (unpaired) electrons. The molecule has 18 nitrogen and oxygen atoms in total. The maximum absolute atomic E-state index is 12.5. The van der Waals surface area contributed by atoms with Crippen LogP contribution in [0.1, 0.15) is 19.1 Å². The number of benzene rings is 3. The van der Waals surface area contributed by atoms with E-state index in [1.165, 1.54) is 0 Å². The Labute approximate surface area is 270 Å². The Morgan fingerprint density at radius 2 is 1.69 bits per heavy atom. The second kappa shape index (κ2) is 13.4. The number of aliphatic hydroxyl groups excluding tert-OH is 2. The third kappa shape index (κ3) is 7.48. The van der Waals surface area contributed by atoms with E-state index in [9.17, 15) is 38.7 Å². The van der Waals surface area contributed by atoms with E-state index in [4.69, 9.17) is 19.5 Å². The molecule has 1 aliphatic rings. The van der Waals surface area contributed by atoms with Crippen LogP contribution in [0.3, 0.4) is 0 Å². The van der Waals surface area contributed by atoms with Crippen LogP contribution < -0.4 is 16.6 Å². The van der Waals surface area contributed by atoms with Crippen molar-refractivity contribution in [1.29, 1.82) is 0 Å². The molecular formula is C28H30N6O12P2. The number of carbonyl (C=O) groups is 1. The van der Waals surface area contributed by atoms with Gasteiger partial charge in [-0.25, -0.2) is 14.1 Å². The molecule has 6 rings (SSSR count). The van der Waals surface area contributed by atoms with Gasteiger partial charge in [0, 0.05) is 12.1 Å². The number of H-pyrrole nitrogens is 1. The monoisotopic (exact) mass is 704 g/mol. The summed E-state index contributed by atoms with van der Waals surface area (Å²) in [6.07, 6.45) is -5.14. The number of hydrogen-bond donors (Lipinski definition) is 7. The lowest BCUT2D eigenvalue weighted by Crippen LogP contribution is -2.33. The van der Waals surface area contributed by atoms with Gasteiger partial charge in [0.05, 0.1) is 19.5 Å². The lowest BCUT2D eigenvalue weighted by atomic mass is 10.0. The number of carbonyl (C=O) groups excluding carboxylic acids is 1. The number of aliphatic hydroxyl groups is 2. The number of nitrogens with two attached hydrogens (primary N) is 1. The predicted octanol–water partition coefficient (Wildman–Crippen LogP) is 2.30. The fourth-order valence-corrected chi connectivity index (χ4v) is 7.34. The average molecular weight is 705 g/mol. The van der Waals surface area contributed by atoms with Gasteiger partial charge in [-0.15, -0.1) is 0 Å². The first-order valence-corrected chi connectivity index (χ1v) is 17.4. The molecule has 1 saturated heterocycles. The summed E-state index contributed by atoms with van der Waals surface area (Å²) in [6, 6.07) is 17.4. The molecule has 8 N–H and O–H groups in total. The van der Waals surface area contributed by atoms with Crippen LogP contribution in [0.25, 0.3) is 32.7 Å². The number of aromatic amines is 1. The molecule has 3 heterocycles. The number of hydrogen-bond acceptors (Lipinski definition) is 13. The van der Waals surface area contributed by atoms with Crippen molar-refractivity contribution in [3.63, 3.8) is 0 Å². The molecule has 0 bridgehead atoms. The molecule has 1 aliphatic heterocycles. The number of aromatic nitrogens is 4. The molecule has 0 spiro atoms. The van der Waals surface area contributed by atoms with Crippen LogP contribution in [0.5, 0.6) is 0 Å². The van der Waals surface area contributed by atoms with Gasteiger partial charge in [0.2, 0.25) is 11.9 Å². The van der Waals surface area contributed by atoms with Gasteiger partial charge in [-0.2, -0.15) is 9.29 Å². The fourth-order valence-electron chi connectivity index (χ4n) is 5.23. The number of anilines is 2. The van der Waals surface area contributed by atoms with Crippen molar-refractivity contribution >= 4 is 65.9 Å². The van der Waals surface area contributed by atoms with Gasteiger partial charge in [-0.3, -0.25) is 28.2 Å². The molecule has 48 heavy (non-hydrogen) atoms. The summed E-state index contributed by atoms with van der Waals surface area (Å²) >= 11 is 0. The van der Waals surface area contributed by atoms with E-state index in [1.54, 1.807) is 6.07 Å². The number of imidazole rings is 1. The van der Waals surface area contributed by atoms with E-state index >= 15 is 0 Å². The number of ether oxygens (including phenoxy) is 1. The van der Waals surface area contributed by atoms with Gasteiger partial charge in [-0.1, -0.05) is 30.3 Å². The first-order chi connectivity index (χ1) is 22.8. The second-order valence-electron chi connectivity index (χ2n) is 10.9. The summed E-state index contributed by atoms with van der Waals surface area (Å²) < 4.78 is 45.1. The number of fused-ring (bicyclic) bond motifs is 3. The number of amides is 1. The second-order valence-corrected chi connectivity index (χ2v) is 13.9. The van der Waals surface area contributed by atoms with Crippen LogP contribution in [0.4, 0.5) is 11.6 Å². The van der Waals surface area contributed by atoms with Crippen LogP contribution in [-0.2, 0) is 32.0 Å². The molecule has 6 atom stereocenters. The first-order valence-electron chi connectivity index (χ1n) is 14.4. The minimum atomic E-state index is -5.28. The summed E-state index contributed by atoms with van der Waals surface area (Å²) in [5, 5.41) is 27.8. The third-order valence-electron chi connectivity index (χ3n) is 7.46. The number of nitrogens with one attached hydrogen (secondary N) is 2. The first kappa shape index (κ1) is 33.8. The topological polar surface area (TPSA) is 271 Å². The highest BCUT2D eigenvalue weighted by Gasteiger charge is 2.46. The van der Waals surface area contributed by atoms with Crippen molar-refractivity contribution in [1.82, 2.24) is 19.5 Å². The summed E-state index contributed by atoms with van der Waals surface area (Å²) in [6.45, 7) is -1.36. The normalized spacial score (nSPS) is 22.2. The van der Waals surface area contributed by atoms with Gasteiger partial charge in [-0.05, 0) is 52.2 Å². The Bertz CT molecular complexity index is 2160. The highest BCUT2D eigenvalue weighted by atomic mass is 31.3. The molecule has 2 aromatic heterocycles. The highest BCUT2D eigenvalue weighted by Crippen LogP contribution is 2.60. The summed E-state index contributed by atoms with van der Waals surface area (Å²) in [5.74, 6) is -0.636. The lowest BCUT2D eigenvalue weighted by Gasteiger charge is -2.19. The number of nitrogens with zero attached hydrogens (tertiary/aromatic N) is 3. The minimum Gasteiger partial charge on any atom is -0.387 e. The number of phosphoric ester groups is 2. The van der Waals surface area contributed by atoms with Gasteiger partial charge >= 0.3 is 15.6 Å². The van der Waals surface area contributed by atoms with E-state index < -0.39 is 64.9 Å². The number of phosphoric acid groups is 2. The van der Waals surface area contributed by atoms with Gasteiger partial charge < -0.3 is 35.8 Å². The van der Waals surface area contributed by atoms with Gasteiger partial charge in [0.15, 0.2) is 17.4 Å². The Morgan fingerprint density at radius 1 is 1.00 bits per heavy atom. The smallest absolute Gasteiger partial charge is 0.387 e. The zero-order chi connectivity index (χ0) is 34.2. The van der Waals surface area contributed by atoms with Crippen molar-refractivity contribution in [2.75, 3.05) is 24.3 Å². The summed E-state index contributed by atoms with van der Waals surface area (Å²) in [5.41, 5.74) is 5.28. The quantitative estimate of drug-likeness (QED) is 0.0558. The Kier molecular flexibility index (Phi) is 9.48. The maximum atomic E-state index is 12.5. The predicted molar refractivity (Wildman–Crippen MR) is 170 cm³/mol. The van der Waals surface area contributed by atoms with Crippen molar-refractivity contribution in [3.05, 3.63) is 71.3 Å². The molecule has 20 heteroatoms. The molecular weight excluding hydrogens is 674 g/mol. The number of rotatable bonds is 12. The Morgan fingerprint density at radius 3 is 2.44 bits per heavy atom. The summed E-state index contributed by atoms with van der Waals surface area (Å²) in [4.78, 5) is 54.6. The molecule has 1 fully saturated rings. The summed E-state index contributed by atoms with van der Waals surface area (Å²) in [7, 11) is -10.4. The average Bonchev–Trinajstić information content (AvgIpc) is 3.56. The molecule has 0 aliphatic carbocycles. The minimum absolute atomic E-state index is 0.0365. The van der Waals surface area contributed by atoms with E-state index in [-0.39, 0.29) is 30.0 Å². The Balaban J connectivity index is 0.965. The highest BCUT2D eigenvalue weighted by molar-refractivity contribution is 7.61. The Hall–Kier alpha value is -4.06. The third-order valence-corrected chi connectivity index (χ3v) is 10.1. The van der Waals surface area contributed by atoms with Crippen LogP contribution in [0.15, 0.2) is 65.7 Å². The fraction of sp³-hybridized carbons (Fsp3) is 0.286. The van der Waals surface area contributed by atoms with Crippen LogP contribution >= 0.6 is 15.6 Å². The van der Waals surface area contributed by atoms with E-state index in [0.29, 0.717) is 5.69 Å². The largest absolute Gasteiger partial charge is 0.481 e. The zero-order valence-corrected chi connectivity index (χ0v) is 26.6. The van der Waals surface area contributed by atoms with Crippen molar-refractivity contribution < 1.29 is 52.0 Å². The number of nitrogen functional groups attached to an aromatic ring is 1. The van der Waals surface area contributed by atoms with E-state index in [1.807, 2.05) is 42.5 Å². The van der Waals surface area contributed by atoms with E-state index in [2.05, 4.69) is 30.6 Å². The zero-order valence-electron chi connectivity index (χ0n) is 24.8. The van der Waals surface area contributed by atoms with E-state index in [0.717, 1.165) is 32.4 Å². The molecule has 254 valence electrons. The maximum Gasteiger partial charge on any atom is 0.481 e. The van der Waals surface area contributed by atoms with Crippen molar-refractivity contribution in [2.24, 2.45) is 0 Å². The van der Waals surface area contributed by atoms with Crippen molar-refractivity contribution in [2.45, 2.75) is 37.4 Å². The van der Waals surface area contributed by atoms with Crippen molar-refractivity contribution in [3.8, 4) is 0 Å². The van der Waals surface area contributed by atoms with Crippen LogP contribution in [0.2, 0.25) is 0 Å². The molecule has 0 saturated carbocycles. The van der Waals surface area contributed by atoms with Gasteiger partial charge in [0.25, 0.3) is 5.56 Å². The van der Waals surface area contributed by atoms with Crippen LogP contribution in [-0.4, -0.2) is 77.0 Å². The molecule has 3 aromatic carbocycles. The lowest BCUT2D eigenvalue weighted by molar-refractivity contribution is -0.116. The molecule has 5 aromatic rings. The van der Waals surface area contributed by atoms with Gasteiger partial charge in [0.1, 0.15) is 18.3 Å². The molecule has 2 unspecified atom stereocenters. The SMILES string of the molecule is Nc1nc2c(ncn2[C@@H]2O[C@H](COP(=O)(O)OP(=O)(O)OCCCC(=O)Nc3ccc4cc5ccccc5cc4c3)[C@@H](O)[C@H]2O)c(=O)[nH]1. The standard InChI is InChI=1S/C28H30N6O12P2/c29-28-32-25-22(26(38)33-28)30-14-34(25)27-24(37)23(36)20(45-27)13-44-48(41,42)46-47(39,40)43-9-3-6-21(35)31-19-8-7-17-10-15-4-1-2-5-16(15)11-18(17)12-19/h1-2,4-5,7-8,10-12,14,20,23-24,27,36-37H,3,6,9,13H2,(H,31,35)(H,39,40)(H,41,42)(H3,29,32,33,38)/t20-,23-,24-,27-/m1/s1. The van der Waals surface area contributed by atoms with Crippen LogP contribution in [0, 0.1) is 0 Å². The molecule has 1 amide bonds.